The van der Waals surface area contributed by atoms with E-state index in [2.05, 4.69) is 10.3 Å². The lowest BCUT2D eigenvalue weighted by atomic mass is 10.2. The van der Waals surface area contributed by atoms with Crippen LogP contribution in [0.4, 0.5) is 15.9 Å². The quantitative estimate of drug-likeness (QED) is 0.898. The van der Waals surface area contributed by atoms with Crippen LogP contribution in [-0.2, 0) is 0 Å². The van der Waals surface area contributed by atoms with Gasteiger partial charge >= 0.3 is 5.97 Å². The Bertz CT molecular complexity index is 659. The molecule has 0 atom stereocenters. The predicted molar refractivity (Wildman–Crippen MR) is 72.2 cm³/mol. The Morgan fingerprint density at radius 3 is 2.75 bits per heavy atom. The highest BCUT2D eigenvalue weighted by atomic mass is 19.1. The highest BCUT2D eigenvalue weighted by molar-refractivity contribution is 5.89. The maximum absolute atomic E-state index is 14.0. The number of aryl methyl sites for hydroxylation is 1. The molecule has 0 aliphatic carbocycles. The molecule has 0 fully saturated rings. The third kappa shape index (κ3) is 2.69. The van der Waals surface area contributed by atoms with Crippen molar-refractivity contribution >= 4 is 17.5 Å². The largest absolute Gasteiger partial charge is 0.497 e. The smallest absolute Gasteiger partial charge is 0.338 e. The lowest BCUT2D eigenvalue weighted by Gasteiger charge is -2.11. The van der Waals surface area contributed by atoms with Crippen molar-refractivity contribution in [2.75, 3.05) is 12.4 Å². The van der Waals surface area contributed by atoms with Crippen molar-refractivity contribution in [1.29, 1.82) is 0 Å². The van der Waals surface area contributed by atoms with Crippen molar-refractivity contribution < 1.29 is 19.0 Å². The molecule has 2 aromatic rings. The molecule has 0 amide bonds. The number of methoxy groups -OCH3 is 1. The van der Waals surface area contributed by atoms with Gasteiger partial charge in [0.2, 0.25) is 0 Å². The number of nitrogens with one attached hydrogen (secondary N) is 1. The molecule has 20 heavy (non-hydrogen) atoms. The van der Waals surface area contributed by atoms with Gasteiger partial charge in [-0.05, 0) is 36.8 Å². The van der Waals surface area contributed by atoms with Gasteiger partial charge in [0.1, 0.15) is 11.3 Å². The monoisotopic (exact) mass is 276 g/mol. The summed E-state index contributed by atoms with van der Waals surface area (Å²) in [6.07, 6.45) is 1.24. The fraction of sp³-hybridized carbons (Fsp3) is 0.143. The number of aromatic carboxylic acids is 1. The Hall–Kier alpha value is -2.63. The summed E-state index contributed by atoms with van der Waals surface area (Å²) in [5.41, 5.74) is 1.03. The molecule has 6 heteroatoms. The molecule has 0 aliphatic heterocycles. The number of pyridine rings is 1. The molecular formula is C14H13FN2O3. The molecule has 2 N–H and O–H groups in total. The lowest BCUT2D eigenvalue weighted by molar-refractivity contribution is 0.0692. The summed E-state index contributed by atoms with van der Waals surface area (Å²) in [4.78, 5) is 14.7. The van der Waals surface area contributed by atoms with Crippen LogP contribution in [0.5, 0.6) is 5.75 Å². The summed E-state index contributed by atoms with van der Waals surface area (Å²) in [5.74, 6) is -1.67. The van der Waals surface area contributed by atoms with Gasteiger partial charge in [0, 0.05) is 11.9 Å². The molecule has 0 bridgehead atoms. The minimum atomic E-state index is -1.33. The third-order valence-electron chi connectivity index (χ3n) is 2.81. The minimum Gasteiger partial charge on any atom is -0.497 e. The number of anilines is 2. The van der Waals surface area contributed by atoms with Crippen molar-refractivity contribution in [2.45, 2.75) is 6.92 Å². The summed E-state index contributed by atoms with van der Waals surface area (Å²) >= 11 is 0. The molecule has 1 heterocycles. The van der Waals surface area contributed by atoms with Gasteiger partial charge < -0.3 is 15.2 Å². The highest BCUT2D eigenvalue weighted by Gasteiger charge is 2.15. The van der Waals surface area contributed by atoms with Crippen LogP contribution < -0.4 is 10.1 Å². The first-order valence-electron chi connectivity index (χ1n) is 5.82. The molecule has 0 unspecified atom stereocenters. The summed E-state index contributed by atoms with van der Waals surface area (Å²) in [5, 5.41) is 11.6. The van der Waals surface area contributed by atoms with E-state index in [4.69, 9.17) is 9.84 Å². The molecule has 0 aliphatic rings. The van der Waals surface area contributed by atoms with Gasteiger partial charge in [0.15, 0.2) is 11.6 Å². The van der Waals surface area contributed by atoms with E-state index in [1.807, 2.05) is 6.92 Å². The molecule has 104 valence electrons. The third-order valence-corrected chi connectivity index (χ3v) is 2.81. The predicted octanol–water partition coefficient (Wildman–Crippen LogP) is 2.98. The van der Waals surface area contributed by atoms with Gasteiger partial charge in [-0.25, -0.2) is 14.2 Å². The normalized spacial score (nSPS) is 10.2. The number of carbonyl (C=O) groups is 1. The molecule has 0 saturated carbocycles. The van der Waals surface area contributed by atoms with Gasteiger partial charge in [0.25, 0.3) is 0 Å². The number of aromatic nitrogens is 1. The number of halogens is 1. The maximum atomic E-state index is 14.0. The van der Waals surface area contributed by atoms with Crippen LogP contribution in [0.3, 0.4) is 0 Å². The van der Waals surface area contributed by atoms with Gasteiger partial charge in [-0.15, -0.1) is 0 Å². The van der Waals surface area contributed by atoms with E-state index in [0.29, 0.717) is 11.4 Å². The summed E-state index contributed by atoms with van der Waals surface area (Å²) < 4.78 is 19.0. The van der Waals surface area contributed by atoms with Crippen LogP contribution in [0.2, 0.25) is 0 Å². The number of nitrogens with zero attached hydrogens (tertiary/aromatic N) is 1. The zero-order chi connectivity index (χ0) is 14.7. The number of carboxylic acids is 1. The SMILES string of the molecule is COc1ccc(Nc2nccc(C(=O)O)c2F)c(C)c1. The first-order valence-corrected chi connectivity index (χ1v) is 5.82. The lowest BCUT2D eigenvalue weighted by Crippen LogP contribution is -2.06. The summed E-state index contributed by atoms with van der Waals surface area (Å²) in [6, 6.07) is 6.32. The molecule has 0 spiro atoms. The number of hydrogen-bond acceptors (Lipinski definition) is 4. The van der Waals surface area contributed by atoms with Crippen molar-refractivity contribution in [1.82, 2.24) is 4.98 Å². The molecule has 0 radical (unpaired) electrons. The van der Waals surface area contributed by atoms with E-state index in [0.717, 1.165) is 11.6 Å². The van der Waals surface area contributed by atoms with Crippen molar-refractivity contribution in [2.24, 2.45) is 0 Å². The minimum absolute atomic E-state index is 0.127. The highest BCUT2D eigenvalue weighted by Crippen LogP contribution is 2.25. The van der Waals surface area contributed by atoms with Crippen molar-refractivity contribution in [3.8, 4) is 5.75 Å². The first kappa shape index (κ1) is 13.8. The van der Waals surface area contributed by atoms with Crippen molar-refractivity contribution in [3.63, 3.8) is 0 Å². The number of rotatable bonds is 4. The number of benzene rings is 1. The second-order valence-electron chi connectivity index (χ2n) is 4.13. The van der Waals surface area contributed by atoms with Crippen LogP contribution in [0, 0.1) is 12.7 Å². The summed E-state index contributed by atoms with van der Waals surface area (Å²) in [6.45, 7) is 1.82. The zero-order valence-corrected chi connectivity index (χ0v) is 11.0. The Balaban J connectivity index is 2.35. The Morgan fingerprint density at radius 2 is 2.15 bits per heavy atom. The molecule has 1 aromatic carbocycles. The van der Waals surface area contributed by atoms with Crippen LogP contribution >= 0.6 is 0 Å². The number of hydrogen-bond donors (Lipinski definition) is 2. The van der Waals surface area contributed by atoms with Gasteiger partial charge in [0.05, 0.1) is 7.11 Å². The summed E-state index contributed by atoms with van der Waals surface area (Å²) in [7, 11) is 1.55. The van der Waals surface area contributed by atoms with E-state index < -0.39 is 17.3 Å². The molecular weight excluding hydrogens is 263 g/mol. The van der Waals surface area contributed by atoms with Crippen LogP contribution in [0.15, 0.2) is 30.5 Å². The standard InChI is InChI=1S/C14H13FN2O3/c1-8-7-9(20-2)3-4-11(8)17-13-12(15)10(14(18)19)5-6-16-13/h3-7H,1-2H3,(H,16,17)(H,18,19). The van der Waals surface area contributed by atoms with Gasteiger partial charge in [-0.1, -0.05) is 0 Å². The molecule has 5 nitrogen and oxygen atoms in total. The van der Waals surface area contributed by atoms with E-state index in [1.165, 1.54) is 6.20 Å². The van der Waals surface area contributed by atoms with Gasteiger partial charge in [-0.3, -0.25) is 0 Å². The Labute approximate surface area is 115 Å². The second-order valence-corrected chi connectivity index (χ2v) is 4.13. The molecule has 0 saturated heterocycles. The molecule has 1 aromatic heterocycles. The van der Waals surface area contributed by atoms with E-state index >= 15 is 0 Å². The Morgan fingerprint density at radius 1 is 1.40 bits per heavy atom. The first-order chi connectivity index (χ1) is 9.52. The fourth-order valence-electron chi connectivity index (χ4n) is 1.73. The van der Waals surface area contributed by atoms with Crippen LogP contribution in [-0.4, -0.2) is 23.2 Å². The average Bonchev–Trinajstić information content (AvgIpc) is 2.42. The topological polar surface area (TPSA) is 71.5 Å². The zero-order valence-electron chi connectivity index (χ0n) is 11.0. The van der Waals surface area contributed by atoms with E-state index in [1.54, 1.807) is 25.3 Å². The van der Waals surface area contributed by atoms with E-state index in [-0.39, 0.29) is 5.82 Å². The number of carboxylic acid groups (broad SMARTS) is 1. The van der Waals surface area contributed by atoms with Gasteiger partial charge in [-0.2, -0.15) is 0 Å². The average molecular weight is 276 g/mol. The fourth-order valence-corrected chi connectivity index (χ4v) is 1.73. The second kappa shape index (κ2) is 5.56. The molecule has 2 rings (SSSR count). The van der Waals surface area contributed by atoms with Crippen molar-refractivity contribution in [3.05, 3.63) is 47.4 Å². The number of ether oxygens (including phenoxy) is 1. The Kier molecular flexibility index (Phi) is 3.84. The maximum Gasteiger partial charge on any atom is 0.338 e. The van der Waals surface area contributed by atoms with E-state index in [9.17, 15) is 9.18 Å². The van der Waals surface area contributed by atoms with Crippen LogP contribution in [0.25, 0.3) is 0 Å². The van der Waals surface area contributed by atoms with Crippen LogP contribution in [0.1, 0.15) is 15.9 Å².